The van der Waals surface area contributed by atoms with Gasteiger partial charge in [0.1, 0.15) is 11.5 Å². The van der Waals surface area contributed by atoms with Crippen LogP contribution >= 0.6 is 0 Å². The smallest absolute Gasteiger partial charge is 0.341 e. The fourth-order valence-electron chi connectivity index (χ4n) is 2.43. The number of benzene rings is 2. The van der Waals surface area contributed by atoms with Crippen molar-refractivity contribution in [2.24, 2.45) is 0 Å². The van der Waals surface area contributed by atoms with Gasteiger partial charge in [0, 0.05) is 17.7 Å². The normalized spacial score (nSPS) is 10.2. The number of rotatable bonds is 10. The summed E-state index contributed by atoms with van der Waals surface area (Å²) in [7, 11) is 0. The number of Topliss-reactive ketones (excluding diaryl/α,β-unsaturated/α-hetero) is 1. The molecule has 0 heterocycles. The summed E-state index contributed by atoms with van der Waals surface area (Å²) >= 11 is 0. The quantitative estimate of drug-likeness (QED) is 0.480. The van der Waals surface area contributed by atoms with Crippen LogP contribution in [-0.2, 0) is 9.59 Å². The molecule has 0 saturated heterocycles. The first-order valence-electron chi connectivity index (χ1n) is 8.84. The number of hydrogen-bond acceptors (Lipinski definition) is 5. The molecule has 0 unspecified atom stereocenters. The average Bonchev–Trinajstić information content (AvgIpc) is 2.66. The molecule has 0 radical (unpaired) electrons. The Hall–Kier alpha value is -3.35. The molecule has 0 aliphatic carbocycles. The molecular formula is C21H23NO6. The summed E-state index contributed by atoms with van der Waals surface area (Å²) in [5.74, 6) is -0.106. The Bertz CT molecular complexity index is 844. The third kappa shape index (κ3) is 6.75. The van der Waals surface area contributed by atoms with Gasteiger partial charge in [-0.05, 0) is 68.3 Å². The molecule has 2 aromatic carbocycles. The van der Waals surface area contributed by atoms with E-state index in [1.165, 1.54) is 6.92 Å². The Kier molecular flexibility index (Phi) is 7.56. The zero-order valence-electron chi connectivity index (χ0n) is 15.9. The summed E-state index contributed by atoms with van der Waals surface area (Å²) in [5, 5.41) is 11.4. The molecule has 1 amide bonds. The number of carboxylic acids is 1. The van der Waals surface area contributed by atoms with Crippen LogP contribution in [0.4, 0.5) is 5.69 Å². The number of ether oxygens (including phenoxy) is 2. The number of carbonyl (C=O) groups is 3. The lowest BCUT2D eigenvalue weighted by Crippen LogP contribution is -2.14. The minimum absolute atomic E-state index is 0.00000437. The van der Waals surface area contributed by atoms with Gasteiger partial charge in [-0.1, -0.05) is 0 Å². The maximum atomic E-state index is 12.1. The Morgan fingerprint density at radius 2 is 1.68 bits per heavy atom. The number of amides is 1. The summed E-state index contributed by atoms with van der Waals surface area (Å²) in [5.41, 5.74) is 2.05. The van der Waals surface area contributed by atoms with E-state index in [2.05, 4.69) is 5.32 Å². The Morgan fingerprint density at radius 3 is 2.29 bits per heavy atom. The first-order chi connectivity index (χ1) is 13.3. The van der Waals surface area contributed by atoms with Crippen LogP contribution in [0.1, 0.15) is 35.7 Å². The summed E-state index contributed by atoms with van der Waals surface area (Å²) in [4.78, 5) is 33.8. The largest absolute Gasteiger partial charge is 0.494 e. The van der Waals surface area contributed by atoms with Crippen LogP contribution in [0.3, 0.4) is 0 Å². The molecular weight excluding hydrogens is 362 g/mol. The number of carboxylic acid groups (broad SMARTS) is 1. The maximum Gasteiger partial charge on any atom is 0.341 e. The van der Waals surface area contributed by atoms with Crippen LogP contribution in [0.5, 0.6) is 11.5 Å². The molecule has 2 rings (SSSR count). The third-order valence-electron chi connectivity index (χ3n) is 3.91. The van der Waals surface area contributed by atoms with E-state index in [9.17, 15) is 14.4 Å². The van der Waals surface area contributed by atoms with Gasteiger partial charge < -0.3 is 19.9 Å². The third-order valence-corrected chi connectivity index (χ3v) is 3.91. The second kappa shape index (κ2) is 10.1. The van der Waals surface area contributed by atoms with Crippen molar-refractivity contribution < 1.29 is 29.0 Å². The topological polar surface area (TPSA) is 102 Å². The fourth-order valence-corrected chi connectivity index (χ4v) is 2.43. The van der Waals surface area contributed by atoms with Gasteiger partial charge in [0.2, 0.25) is 5.91 Å². The van der Waals surface area contributed by atoms with Crippen molar-refractivity contribution in [1.82, 2.24) is 0 Å². The molecule has 0 aliphatic heterocycles. The van der Waals surface area contributed by atoms with Crippen molar-refractivity contribution in [3.05, 3.63) is 53.6 Å². The molecule has 2 N–H and O–H groups in total. The van der Waals surface area contributed by atoms with E-state index in [0.717, 1.165) is 5.56 Å². The van der Waals surface area contributed by atoms with Gasteiger partial charge in [0.25, 0.3) is 0 Å². The standard InChI is InChI=1S/C21H23NO6/c1-14-12-18(28-13-21(25)26)9-10-19(14)22-20(24)4-3-11-27-17-7-5-16(6-8-17)15(2)23/h5-10,12H,3-4,11,13H2,1-2H3,(H,22,24)(H,25,26). The van der Waals surface area contributed by atoms with E-state index >= 15 is 0 Å². The minimum Gasteiger partial charge on any atom is -0.494 e. The van der Waals surface area contributed by atoms with Crippen LogP contribution in [0.25, 0.3) is 0 Å². The monoisotopic (exact) mass is 385 g/mol. The van der Waals surface area contributed by atoms with Crippen molar-refractivity contribution in [3.8, 4) is 11.5 Å². The zero-order valence-corrected chi connectivity index (χ0v) is 15.9. The average molecular weight is 385 g/mol. The number of nitrogens with one attached hydrogen (secondary N) is 1. The van der Waals surface area contributed by atoms with Gasteiger partial charge in [-0.3, -0.25) is 9.59 Å². The van der Waals surface area contributed by atoms with Crippen LogP contribution < -0.4 is 14.8 Å². The Morgan fingerprint density at radius 1 is 1.00 bits per heavy atom. The number of aryl methyl sites for hydroxylation is 1. The predicted molar refractivity (Wildman–Crippen MR) is 104 cm³/mol. The molecule has 7 nitrogen and oxygen atoms in total. The number of anilines is 1. The predicted octanol–water partition coefficient (Wildman–Crippen LogP) is 3.46. The first kappa shape index (κ1) is 21.0. The van der Waals surface area contributed by atoms with E-state index in [4.69, 9.17) is 14.6 Å². The second-order valence-electron chi connectivity index (χ2n) is 6.24. The lowest BCUT2D eigenvalue weighted by molar-refractivity contribution is -0.139. The number of aliphatic carboxylic acids is 1. The lowest BCUT2D eigenvalue weighted by atomic mass is 10.1. The van der Waals surface area contributed by atoms with Gasteiger partial charge in [-0.25, -0.2) is 4.79 Å². The van der Waals surface area contributed by atoms with E-state index in [0.29, 0.717) is 42.2 Å². The van der Waals surface area contributed by atoms with Crippen LogP contribution in [-0.4, -0.2) is 36.0 Å². The molecule has 0 atom stereocenters. The molecule has 148 valence electrons. The highest BCUT2D eigenvalue weighted by molar-refractivity contribution is 5.94. The molecule has 28 heavy (non-hydrogen) atoms. The lowest BCUT2D eigenvalue weighted by Gasteiger charge is -2.11. The van der Waals surface area contributed by atoms with Gasteiger partial charge >= 0.3 is 5.97 Å². The van der Waals surface area contributed by atoms with Gasteiger partial charge in [-0.15, -0.1) is 0 Å². The number of ketones is 1. The molecule has 0 spiro atoms. The molecule has 0 aliphatic rings. The SMILES string of the molecule is CC(=O)c1ccc(OCCCC(=O)Nc2ccc(OCC(=O)O)cc2C)cc1. The molecule has 7 heteroatoms. The molecule has 0 saturated carbocycles. The van der Waals surface area contributed by atoms with Gasteiger partial charge in [0.15, 0.2) is 12.4 Å². The Labute approximate surface area is 163 Å². The zero-order chi connectivity index (χ0) is 20.5. The number of hydrogen-bond donors (Lipinski definition) is 2. The van der Waals surface area contributed by atoms with Crippen molar-refractivity contribution in [3.63, 3.8) is 0 Å². The highest BCUT2D eigenvalue weighted by Crippen LogP contribution is 2.21. The summed E-state index contributed by atoms with van der Waals surface area (Å²) < 4.78 is 10.7. The van der Waals surface area contributed by atoms with E-state index in [1.54, 1.807) is 49.4 Å². The highest BCUT2D eigenvalue weighted by Gasteiger charge is 2.07. The van der Waals surface area contributed by atoms with Gasteiger partial charge in [0.05, 0.1) is 6.61 Å². The summed E-state index contributed by atoms with van der Waals surface area (Å²) in [6.07, 6.45) is 0.835. The van der Waals surface area contributed by atoms with E-state index in [1.807, 2.05) is 0 Å². The van der Waals surface area contributed by atoms with E-state index < -0.39 is 12.6 Å². The highest BCUT2D eigenvalue weighted by atomic mass is 16.5. The van der Waals surface area contributed by atoms with Crippen LogP contribution in [0, 0.1) is 6.92 Å². The second-order valence-corrected chi connectivity index (χ2v) is 6.24. The fraction of sp³-hybridized carbons (Fsp3) is 0.286. The summed E-state index contributed by atoms with van der Waals surface area (Å²) in [6.45, 7) is 3.28. The molecule has 2 aromatic rings. The van der Waals surface area contributed by atoms with Crippen LogP contribution in [0.2, 0.25) is 0 Å². The first-order valence-corrected chi connectivity index (χ1v) is 8.84. The van der Waals surface area contributed by atoms with Crippen molar-refractivity contribution in [1.29, 1.82) is 0 Å². The Balaban J connectivity index is 1.74. The van der Waals surface area contributed by atoms with Crippen molar-refractivity contribution in [2.45, 2.75) is 26.7 Å². The van der Waals surface area contributed by atoms with E-state index in [-0.39, 0.29) is 11.7 Å². The van der Waals surface area contributed by atoms with Crippen molar-refractivity contribution >= 4 is 23.3 Å². The molecule has 0 fully saturated rings. The molecule has 0 bridgehead atoms. The van der Waals surface area contributed by atoms with Crippen LogP contribution in [0.15, 0.2) is 42.5 Å². The minimum atomic E-state index is -1.05. The van der Waals surface area contributed by atoms with Gasteiger partial charge in [-0.2, -0.15) is 0 Å². The van der Waals surface area contributed by atoms with Crippen molar-refractivity contribution in [2.75, 3.05) is 18.5 Å². The molecule has 0 aromatic heterocycles. The maximum absolute atomic E-state index is 12.1. The summed E-state index contributed by atoms with van der Waals surface area (Å²) in [6, 6.07) is 11.8. The number of carbonyl (C=O) groups excluding carboxylic acids is 2.